The quantitative estimate of drug-likeness (QED) is 0.879. The molecule has 0 saturated heterocycles. The zero-order chi connectivity index (χ0) is 13.0. The SMILES string of the molecule is CCCC(CN)c1nc(-c2ccccc2C)no1. The molecule has 1 aromatic heterocycles. The van der Waals surface area contributed by atoms with Gasteiger partial charge in [0.1, 0.15) is 0 Å². The fourth-order valence-corrected chi connectivity index (χ4v) is 2.02. The molecule has 1 unspecified atom stereocenters. The maximum atomic E-state index is 5.74. The number of nitrogens with zero attached hydrogens (tertiary/aromatic N) is 2. The molecule has 2 rings (SSSR count). The highest BCUT2D eigenvalue weighted by Crippen LogP contribution is 2.24. The Morgan fingerprint density at radius 2 is 2.11 bits per heavy atom. The van der Waals surface area contributed by atoms with Crippen molar-refractivity contribution in [2.75, 3.05) is 6.54 Å². The van der Waals surface area contributed by atoms with Crippen molar-refractivity contribution in [2.45, 2.75) is 32.6 Å². The Morgan fingerprint density at radius 3 is 2.78 bits per heavy atom. The minimum atomic E-state index is 0.167. The minimum absolute atomic E-state index is 0.167. The summed E-state index contributed by atoms with van der Waals surface area (Å²) < 4.78 is 5.34. The molecule has 0 bridgehead atoms. The second-order valence-corrected chi connectivity index (χ2v) is 4.49. The van der Waals surface area contributed by atoms with Crippen LogP contribution in [0.5, 0.6) is 0 Å². The first kappa shape index (κ1) is 12.8. The lowest BCUT2D eigenvalue weighted by molar-refractivity contribution is 0.347. The van der Waals surface area contributed by atoms with Gasteiger partial charge in [-0.15, -0.1) is 0 Å². The van der Waals surface area contributed by atoms with Crippen molar-refractivity contribution in [1.29, 1.82) is 0 Å². The lowest BCUT2D eigenvalue weighted by atomic mass is 10.0. The molecular weight excluding hydrogens is 226 g/mol. The molecule has 2 aromatic rings. The molecular formula is C14H19N3O. The fraction of sp³-hybridized carbons (Fsp3) is 0.429. The number of hydrogen-bond donors (Lipinski definition) is 1. The van der Waals surface area contributed by atoms with Gasteiger partial charge in [-0.2, -0.15) is 4.98 Å². The highest BCUT2D eigenvalue weighted by atomic mass is 16.5. The van der Waals surface area contributed by atoms with Crippen LogP contribution in [0.2, 0.25) is 0 Å². The Morgan fingerprint density at radius 1 is 1.33 bits per heavy atom. The Bertz CT molecular complexity index is 507. The smallest absolute Gasteiger partial charge is 0.231 e. The van der Waals surface area contributed by atoms with E-state index in [1.54, 1.807) is 0 Å². The summed E-state index contributed by atoms with van der Waals surface area (Å²) in [7, 11) is 0. The number of benzene rings is 1. The van der Waals surface area contributed by atoms with Crippen molar-refractivity contribution in [2.24, 2.45) is 5.73 Å². The summed E-state index contributed by atoms with van der Waals surface area (Å²) in [5.41, 5.74) is 7.90. The number of hydrogen-bond acceptors (Lipinski definition) is 4. The minimum Gasteiger partial charge on any atom is -0.339 e. The van der Waals surface area contributed by atoms with Gasteiger partial charge in [-0.05, 0) is 18.9 Å². The third-order valence-electron chi connectivity index (χ3n) is 3.10. The van der Waals surface area contributed by atoms with Crippen LogP contribution in [-0.2, 0) is 0 Å². The van der Waals surface area contributed by atoms with E-state index in [0.29, 0.717) is 18.3 Å². The van der Waals surface area contributed by atoms with Gasteiger partial charge in [0.25, 0.3) is 0 Å². The number of aryl methyl sites for hydroxylation is 1. The molecule has 2 N–H and O–H groups in total. The van der Waals surface area contributed by atoms with E-state index in [1.807, 2.05) is 31.2 Å². The Balaban J connectivity index is 2.28. The van der Waals surface area contributed by atoms with Crippen molar-refractivity contribution in [3.63, 3.8) is 0 Å². The van der Waals surface area contributed by atoms with E-state index in [1.165, 1.54) is 0 Å². The monoisotopic (exact) mass is 245 g/mol. The first-order valence-electron chi connectivity index (χ1n) is 6.36. The number of rotatable bonds is 5. The van der Waals surface area contributed by atoms with Gasteiger partial charge in [0.05, 0.1) is 5.92 Å². The normalized spacial score (nSPS) is 12.6. The molecule has 0 aliphatic heterocycles. The van der Waals surface area contributed by atoms with E-state index in [-0.39, 0.29) is 5.92 Å². The van der Waals surface area contributed by atoms with Crippen molar-refractivity contribution in [3.8, 4) is 11.4 Å². The molecule has 1 aromatic carbocycles. The summed E-state index contributed by atoms with van der Waals surface area (Å²) in [5, 5.41) is 4.06. The third kappa shape index (κ3) is 2.59. The molecule has 0 radical (unpaired) electrons. The van der Waals surface area contributed by atoms with Crippen LogP contribution in [0.3, 0.4) is 0 Å². The summed E-state index contributed by atoms with van der Waals surface area (Å²) in [4.78, 5) is 4.47. The lowest BCUT2D eigenvalue weighted by Gasteiger charge is -2.06. The summed E-state index contributed by atoms with van der Waals surface area (Å²) >= 11 is 0. The second kappa shape index (κ2) is 5.78. The lowest BCUT2D eigenvalue weighted by Crippen LogP contribution is -2.12. The van der Waals surface area contributed by atoms with Crippen molar-refractivity contribution in [1.82, 2.24) is 10.1 Å². The first-order valence-corrected chi connectivity index (χ1v) is 6.36. The van der Waals surface area contributed by atoms with E-state index >= 15 is 0 Å². The van der Waals surface area contributed by atoms with Gasteiger partial charge in [0.2, 0.25) is 11.7 Å². The highest BCUT2D eigenvalue weighted by Gasteiger charge is 2.17. The molecule has 1 heterocycles. The van der Waals surface area contributed by atoms with Gasteiger partial charge in [0, 0.05) is 12.1 Å². The summed E-state index contributed by atoms with van der Waals surface area (Å²) in [5.74, 6) is 1.47. The maximum absolute atomic E-state index is 5.74. The molecule has 96 valence electrons. The van der Waals surface area contributed by atoms with Gasteiger partial charge in [0.15, 0.2) is 0 Å². The van der Waals surface area contributed by atoms with Gasteiger partial charge >= 0.3 is 0 Å². The van der Waals surface area contributed by atoms with Crippen LogP contribution >= 0.6 is 0 Å². The highest BCUT2D eigenvalue weighted by molar-refractivity contribution is 5.58. The third-order valence-corrected chi connectivity index (χ3v) is 3.10. The maximum Gasteiger partial charge on any atom is 0.231 e. The van der Waals surface area contributed by atoms with Gasteiger partial charge in [-0.3, -0.25) is 0 Å². The molecule has 0 spiro atoms. The van der Waals surface area contributed by atoms with E-state index in [0.717, 1.165) is 24.0 Å². The van der Waals surface area contributed by atoms with Gasteiger partial charge < -0.3 is 10.3 Å². The van der Waals surface area contributed by atoms with Crippen LogP contribution in [0.4, 0.5) is 0 Å². The van der Waals surface area contributed by atoms with Crippen LogP contribution in [0, 0.1) is 6.92 Å². The summed E-state index contributed by atoms with van der Waals surface area (Å²) in [6, 6.07) is 8.02. The van der Waals surface area contributed by atoms with Crippen molar-refractivity contribution < 1.29 is 4.52 Å². The number of nitrogens with two attached hydrogens (primary N) is 1. The molecule has 0 saturated carbocycles. The Hall–Kier alpha value is -1.68. The van der Waals surface area contributed by atoms with Crippen LogP contribution in [0.1, 0.15) is 37.1 Å². The first-order chi connectivity index (χ1) is 8.76. The zero-order valence-corrected chi connectivity index (χ0v) is 10.9. The predicted octanol–water partition coefficient (Wildman–Crippen LogP) is 2.89. The topological polar surface area (TPSA) is 64.9 Å². The van der Waals surface area contributed by atoms with Gasteiger partial charge in [-0.1, -0.05) is 42.8 Å². The number of aromatic nitrogens is 2. The average Bonchev–Trinajstić information content (AvgIpc) is 2.85. The molecule has 0 aliphatic rings. The van der Waals surface area contributed by atoms with E-state index in [9.17, 15) is 0 Å². The summed E-state index contributed by atoms with van der Waals surface area (Å²) in [6.45, 7) is 4.71. The largest absolute Gasteiger partial charge is 0.339 e. The van der Waals surface area contributed by atoms with Crippen LogP contribution in [-0.4, -0.2) is 16.7 Å². The van der Waals surface area contributed by atoms with Crippen LogP contribution < -0.4 is 5.73 Å². The van der Waals surface area contributed by atoms with Crippen LogP contribution in [0.15, 0.2) is 28.8 Å². The molecule has 4 heteroatoms. The molecule has 0 fully saturated rings. The Kier molecular flexibility index (Phi) is 4.10. The van der Waals surface area contributed by atoms with E-state index in [4.69, 9.17) is 10.3 Å². The second-order valence-electron chi connectivity index (χ2n) is 4.49. The molecule has 4 nitrogen and oxygen atoms in total. The van der Waals surface area contributed by atoms with Crippen molar-refractivity contribution >= 4 is 0 Å². The van der Waals surface area contributed by atoms with E-state index < -0.39 is 0 Å². The summed E-state index contributed by atoms with van der Waals surface area (Å²) in [6.07, 6.45) is 2.04. The fourth-order valence-electron chi connectivity index (χ4n) is 2.02. The molecule has 0 amide bonds. The Labute approximate surface area is 107 Å². The zero-order valence-electron chi connectivity index (χ0n) is 10.9. The molecule has 18 heavy (non-hydrogen) atoms. The van der Waals surface area contributed by atoms with E-state index in [2.05, 4.69) is 17.1 Å². The molecule has 1 atom stereocenters. The standard InChI is InChI=1S/C14H19N3O/c1-3-6-11(9-15)14-16-13(17-18-14)12-8-5-4-7-10(12)2/h4-5,7-8,11H,3,6,9,15H2,1-2H3. The molecule has 0 aliphatic carbocycles. The van der Waals surface area contributed by atoms with Crippen molar-refractivity contribution in [3.05, 3.63) is 35.7 Å². The average molecular weight is 245 g/mol. The van der Waals surface area contributed by atoms with Crippen LogP contribution in [0.25, 0.3) is 11.4 Å². The van der Waals surface area contributed by atoms with Gasteiger partial charge in [-0.25, -0.2) is 0 Å². The predicted molar refractivity (Wildman–Crippen MR) is 71.2 cm³/mol.